The van der Waals surface area contributed by atoms with E-state index in [0.717, 1.165) is 21.4 Å². The number of hydrogen-bond donors (Lipinski definition) is 1. The summed E-state index contributed by atoms with van der Waals surface area (Å²) in [6.07, 6.45) is 0. The smallest absolute Gasteiger partial charge is 0.0652 e. The van der Waals surface area contributed by atoms with E-state index in [1.807, 2.05) is 30.3 Å². The summed E-state index contributed by atoms with van der Waals surface area (Å²) in [5.41, 5.74) is 7.66. The summed E-state index contributed by atoms with van der Waals surface area (Å²) in [5, 5.41) is 5.09. The Bertz CT molecular complexity index is 910. The maximum Gasteiger partial charge on any atom is 0.0652 e. The van der Waals surface area contributed by atoms with E-state index in [1.165, 1.54) is 14.3 Å². The highest BCUT2D eigenvalue weighted by Gasteiger charge is 2.16. The zero-order chi connectivity index (χ0) is 14.4. The van der Waals surface area contributed by atoms with Gasteiger partial charge < -0.3 is 5.73 Å². The van der Waals surface area contributed by atoms with Gasteiger partial charge >= 0.3 is 0 Å². The van der Waals surface area contributed by atoms with Crippen LogP contribution in [0.15, 0.2) is 53.9 Å². The van der Waals surface area contributed by atoms with Crippen LogP contribution in [0.4, 0.5) is 0 Å². The second-order valence-corrected chi connectivity index (χ2v) is 7.43. The molecule has 0 amide bonds. The van der Waals surface area contributed by atoms with E-state index in [2.05, 4.69) is 23.6 Å². The zero-order valence-electron chi connectivity index (χ0n) is 11.0. The standard InChI is InChI=1S/C17H12ClNS2/c18-13-6-5-12(10-3-1-2-4-11(10)13)17(19)16-9-15-14(21-16)7-8-20-15/h1-9,17H,19H2. The molecule has 0 aliphatic heterocycles. The van der Waals surface area contributed by atoms with E-state index >= 15 is 0 Å². The van der Waals surface area contributed by atoms with E-state index in [4.69, 9.17) is 17.3 Å². The van der Waals surface area contributed by atoms with Crippen molar-refractivity contribution in [2.24, 2.45) is 5.73 Å². The van der Waals surface area contributed by atoms with Gasteiger partial charge in [0.15, 0.2) is 0 Å². The third kappa shape index (κ3) is 2.17. The third-order valence-corrected chi connectivity index (χ3v) is 6.21. The van der Waals surface area contributed by atoms with Crippen molar-refractivity contribution in [3.8, 4) is 0 Å². The molecule has 4 heteroatoms. The highest BCUT2D eigenvalue weighted by molar-refractivity contribution is 7.27. The molecule has 1 unspecified atom stereocenters. The first-order chi connectivity index (χ1) is 10.2. The molecule has 0 fully saturated rings. The molecular weight excluding hydrogens is 318 g/mol. The Labute approximate surface area is 135 Å². The lowest BCUT2D eigenvalue weighted by Crippen LogP contribution is -2.10. The summed E-state index contributed by atoms with van der Waals surface area (Å²) in [6, 6.07) is 16.4. The molecule has 0 saturated heterocycles. The van der Waals surface area contributed by atoms with Crippen LogP contribution in [0.25, 0.3) is 20.2 Å². The largest absolute Gasteiger partial charge is 0.320 e. The Hall–Kier alpha value is -1.39. The average Bonchev–Trinajstić information content (AvgIpc) is 3.08. The van der Waals surface area contributed by atoms with Gasteiger partial charge in [-0.25, -0.2) is 0 Å². The predicted molar refractivity (Wildman–Crippen MR) is 94.7 cm³/mol. The first-order valence-electron chi connectivity index (χ1n) is 6.64. The Balaban J connectivity index is 1.89. The van der Waals surface area contributed by atoms with E-state index < -0.39 is 0 Å². The quantitative estimate of drug-likeness (QED) is 0.493. The molecule has 4 aromatic rings. The van der Waals surface area contributed by atoms with Gasteiger partial charge in [-0.15, -0.1) is 22.7 Å². The molecule has 0 saturated carbocycles. The normalized spacial score (nSPS) is 13.0. The Morgan fingerprint density at radius 1 is 0.952 bits per heavy atom. The van der Waals surface area contributed by atoms with Gasteiger partial charge in [-0.2, -0.15) is 0 Å². The van der Waals surface area contributed by atoms with E-state index in [0.29, 0.717) is 0 Å². The maximum atomic E-state index is 6.53. The Morgan fingerprint density at radius 3 is 2.57 bits per heavy atom. The lowest BCUT2D eigenvalue weighted by Gasteiger charge is -2.14. The predicted octanol–water partition coefficient (Wildman–Crippen LogP) is 5.82. The van der Waals surface area contributed by atoms with Crippen molar-refractivity contribution < 1.29 is 0 Å². The number of benzene rings is 2. The van der Waals surface area contributed by atoms with Crippen molar-refractivity contribution in [2.75, 3.05) is 0 Å². The molecule has 1 atom stereocenters. The molecule has 0 aliphatic rings. The summed E-state index contributed by atoms with van der Waals surface area (Å²) >= 11 is 9.82. The highest BCUT2D eigenvalue weighted by Crippen LogP contribution is 2.37. The van der Waals surface area contributed by atoms with Crippen LogP contribution in [0.1, 0.15) is 16.5 Å². The van der Waals surface area contributed by atoms with Gasteiger partial charge in [0.1, 0.15) is 0 Å². The molecule has 2 N–H and O–H groups in total. The van der Waals surface area contributed by atoms with Crippen LogP contribution < -0.4 is 5.73 Å². The van der Waals surface area contributed by atoms with Crippen LogP contribution in [0, 0.1) is 0 Å². The van der Waals surface area contributed by atoms with Crippen molar-refractivity contribution in [3.63, 3.8) is 0 Å². The second-order valence-electron chi connectivity index (χ2n) is 4.96. The number of rotatable bonds is 2. The molecule has 0 bridgehead atoms. The number of fused-ring (bicyclic) bond motifs is 2. The summed E-state index contributed by atoms with van der Waals surface area (Å²) in [6.45, 7) is 0. The monoisotopic (exact) mass is 329 g/mol. The molecule has 2 heterocycles. The second kappa shape index (κ2) is 5.11. The summed E-state index contributed by atoms with van der Waals surface area (Å²) in [5.74, 6) is 0. The molecule has 104 valence electrons. The van der Waals surface area contributed by atoms with Crippen molar-refractivity contribution in [3.05, 3.63) is 69.4 Å². The van der Waals surface area contributed by atoms with Crippen molar-refractivity contribution in [1.82, 2.24) is 0 Å². The topological polar surface area (TPSA) is 26.0 Å². The van der Waals surface area contributed by atoms with E-state index in [9.17, 15) is 0 Å². The molecule has 0 radical (unpaired) electrons. The fourth-order valence-electron chi connectivity index (χ4n) is 2.65. The van der Waals surface area contributed by atoms with Crippen LogP contribution >= 0.6 is 34.3 Å². The molecule has 0 aliphatic carbocycles. The number of thiophene rings is 2. The molecule has 1 nitrogen and oxygen atoms in total. The van der Waals surface area contributed by atoms with Gasteiger partial charge in [0.2, 0.25) is 0 Å². The SMILES string of the molecule is NC(c1cc2sccc2s1)c1ccc(Cl)c2ccccc12. The third-order valence-electron chi connectivity index (χ3n) is 3.70. The highest BCUT2D eigenvalue weighted by atomic mass is 35.5. The van der Waals surface area contributed by atoms with Gasteiger partial charge in [0, 0.05) is 24.7 Å². The van der Waals surface area contributed by atoms with E-state index in [-0.39, 0.29) is 6.04 Å². The molecule has 21 heavy (non-hydrogen) atoms. The fourth-order valence-corrected chi connectivity index (χ4v) is 5.02. The Kier molecular flexibility index (Phi) is 3.23. The van der Waals surface area contributed by atoms with Gasteiger partial charge in [0.25, 0.3) is 0 Å². The van der Waals surface area contributed by atoms with Crippen molar-refractivity contribution in [1.29, 1.82) is 0 Å². The number of halogens is 1. The molecule has 4 rings (SSSR count). The maximum absolute atomic E-state index is 6.53. The van der Waals surface area contributed by atoms with E-state index in [1.54, 1.807) is 22.7 Å². The first kappa shape index (κ1) is 13.3. The van der Waals surface area contributed by atoms with Crippen LogP contribution in [-0.4, -0.2) is 0 Å². The van der Waals surface area contributed by atoms with Crippen LogP contribution in [-0.2, 0) is 0 Å². The number of hydrogen-bond acceptors (Lipinski definition) is 3. The minimum absolute atomic E-state index is 0.114. The van der Waals surface area contributed by atoms with Gasteiger partial charge in [-0.3, -0.25) is 0 Å². The summed E-state index contributed by atoms with van der Waals surface area (Å²) < 4.78 is 2.62. The molecular formula is C17H12ClNS2. The lowest BCUT2D eigenvalue weighted by atomic mass is 9.98. The lowest BCUT2D eigenvalue weighted by molar-refractivity contribution is 0.904. The molecule has 2 aromatic carbocycles. The van der Waals surface area contributed by atoms with Crippen LogP contribution in [0.3, 0.4) is 0 Å². The van der Waals surface area contributed by atoms with Crippen molar-refractivity contribution in [2.45, 2.75) is 6.04 Å². The molecule has 0 spiro atoms. The molecule has 2 aromatic heterocycles. The first-order valence-corrected chi connectivity index (χ1v) is 8.71. The van der Waals surface area contributed by atoms with Gasteiger partial charge in [-0.1, -0.05) is 41.9 Å². The minimum atomic E-state index is -0.114. The van der Waals surface area contributed by atoms with Gasteiger partial charge in [0.05, 0.1) is 6.04 Å². The van der Waals surface area contributed by atoms with Crippen molar-refractivity contribution >= 4 is 54.4 Å². The fraction of sp³-hybridized carbons (Fsp3) is 0.0588. The van der Waals surface area contributed by atoms with Crippen LogP contribution in [0.5, 0.6) is 0 Å². The summed E-state index contributed by atoms with van der Waals surface area (Å²) in [4.78, 5) is 1.20. The minimum Gasteiger partial charge on any atom is -0.320 e. The zero-order valence-corrected chi connectivity index (χ0v) is 13.4. The van der Waals surface area contributed by atoms with Gasteiger partial charge in [-0.05, 0) is 34.5 Å². The summed E-state index contributed by atoms with van der Waals surface area (Å²) in [7, 11) is 0. The average molecular weight is 330 g/mol. The van der Waals surface area contributed by atoms with Crippen LogP contribution in [0.2, 0.25) is 5.02 Å². The number of nitrogens with two attached hydrogens (primary N) is 1. The Morgan fingerprint density at radius 2 is 1.76 bits per heavy atom.